The van der Waals surface area contributed by atoms with Crippen LogP contribution < -0.4 is 5.23 Å². The SMILES string of the molecule is C=C/C=C(\C)[B]NC(=O)CCC. The zero-order valence-electron chi connectivity index (χ0n) is 7.76. The van der Waals surface area contributed by atoms with Crippen molar-refractivity contribution in [3.63, 3.8) is 0 Å². The molecule has 65 valence electrons. The zero-order chi connectivity index (χ0) is 9.40. The average molecular weight is 164 g/mol. The van der Waals surface area contributed by atoms with Crippen LogP contribution in [0.5, 0.6) is 0 Å². The third-order valence-electron chi connectivity index (χ3n) is 1.32. The Balaban J connectivity index is 3.60. The van der Waals surface area contributed by atoms with E-state index < -0.39 is 0 Å². The molecule has 0 fully saturated rings. The van der Waals surface area contributed by atoms with E-state index in [1.54, 1.807) is 13.5 Å². The van der Waals surface area contributed by atoms with Crippen LogP contribution in [-0.2, 0) is 4.79 Å². The number of carbonyl (C=O) groups is 1. The van der Waals surface area contributed by atoms with E-state index in [0.29, 0.717) is 6.42 Å². The Bertz CT molecular complexity index is 187. The van der Waals surface area contributed by atoms with Gasteiger partial charge in [0.1, 0.15) is 0 Å². The molecule has 3 heteroatoms. The number of amides is 1. The molecule has 0 rings (SSSR count). The molecule has 0 aromatic rings. The van der Waals surface area contributed by atoms with E-state index in [9.17, 15) is 4.79 Å². The standard InChI is InChI=1S/C9H15BNO/c1-4-6-8(3)10-11-9(12)7-5-2/h4,6H,1,5,7H2,2-3H3,(H,11,12)/b8-6+. The molecular weight excluding hydrogens is 149 g/mol. The highest BCUT2D eigenvalue weighted by Gasteiger charge is 1.99. The van der Waals surface area contributed by atoms with Gasteiger partial charge in [-0.15, -0.1) is 0 Å². The second kappa shape index (κ2) is 6.71. The monoisotopic (exact) mass is 164 g/mol. The van der Waals surface area contributed by atoms with Crippen LogP contribution >= 0.6 is 0 Å². The molecule has 1 radical (unpaired) electrons. The summed E-state index contributed by atoms with van der Waals surface area (Å²) in [5.74, 6) is 0.0642. The number of nitrogens with one attached hydrogen (secondary N) is 1. The summed E-state index contributed by atoms with van der Waals surface area (Å²) in [5, 5.41) is 2.69. The summed E-state index contributed by atoms with van der Waals surface area (Å²) in [5.41, 5.74) is 0.995. The Labute approximate surface area is 75.0 Å². The highest BCUT2D eigenvalue weighted by atomic mass is 16.1. The van der Waals surface area contributed by atoms with E-state index in [0.717, 1.165) is 11.9 Å². The van der Waals surface area contributed by atoms with Gasteiger partial charge in [-0.2, -0.15) is 0 Å². The van der Waals surface area contributed by atoms with Gasteiger partial charge in [-0.3, -0.25) is 4.79 Å². The molecule has 0 spiro atoms. The molecule has 0 aliphatic rings. The third kappa shape index (κ3) is 5.77. The number of allylic oxidation sites excluding steroid dienone is 3. The molecule has 2 nitrogen and oxygen atoms in total. The Morgan fingerprint density at radius 3 is 2.83 bits per heavy atom. The predicted octanol–water partition coefficient (Wildman–Crippen LogP) is 1.61. The van der Waals surface area contributed by atoms with Gasteiger partial charge in [-0.25, -0.2) is 0 Å². The van der Waals surface area contributed by atoms with Gasteiger partial charge in [-0.1, -0.05) is 38.1 Å². The Hall–Kier alpha value is -0.985. The molecule has 0 aromatic heterocycles. The Morgan fingerprint density at radius 1 is 1.67 bits per heavy atom. The largest absolute Gasteiger partial charge is 0.399 e. The van der Waals surface area contributed by atoms with Crippen LogP contribution in [0.25, 0.3) is 0 Å². The van der Waals surface area contributed by atoms with Crippen LogP contribution in [-0.4, -0.2) is 13.3 Å². The van der Waals surface area contributed by atoms with Crippen molar-refractivity contribution in [2.24, 2.45) is 0 Å². The smallest absolute Gasteiger partial charge is 0.280 e. The quantitative estimate of drug-likeness (QED) is 0.485. The molecule has 0 bridgehead atoms. The van der Waals surface area contributed by atoms with Gasteiger partial charge in [0, 0.05) is 6.42 Å². The van der Waals surface area contributed by atoms with Gasteiger partial charge in [0.05, 0.1) is 0 Å². The van der Waals surface area contributed by atoms with Crippen molar-refractivity contribution in [3.8, 4) is 0 Å². The lowest BCUT2D eigenvalue weighted by Crippen LogP contribution is -2.27. The van der Waals surface area contributed by atoms with Gasteiger partial charge >= 0.3 is 0 Å². The average Bonchev–Trinajstić information content (AvgIpc) is 2.02. The van der Waals surface area contributed by atoms with E-state index in [4.69, 9.17) is 0 Å². The maximum absolute atomic E-state index is 11.0. The lowest BCUT2D eigenvalue weighted by atomic mass is 9.83. The van der Waals surface area contributed by atoms with Gasteiger partial charge in [0.25, 0.3) is 7.41 Å². The molecule has 0 saturated carbocycles. The minimum atomic E-state index is 0.0642. The second-order valence-electron chi connectivity index (χ2n) is 2.61. The zero-order valence-corrected chi connectivity index (χ0v) is 7.76. The van der Waals surface area contributed by atoms with Crippen molar-refractivity contribution in [2.75, 3.05) is 0 Å². The first-order valence-electron chi connectivity index (χ1n) is 4.12. The fourth-order valence-electron chi connectivity index (χ4n) is 0.728. The normalized spacial score (nSPS) is 10.7. The first kappa shape index (κ1) is 11.0. The van der Waals surface area contributed by atoms with E-state index in [2.05, 4.69) is 11.8 Å². The summed E-state index contributed by atoms with van der Waals surface area (Å²) in [4.78, 5) is 11.0. The fraction of sp³-hybridized carbons (Fsp3) is 0.444. The maximum atomic E-state index is 11.0. The highest BCUT2D eigenvalue weighted by molar-refractivity contribution is 6.45. The van der Waals surface area contributed by atoms with Crippen molar-refractivity contribution in [3.05, 3.63) is 24.2 Å². The molecule has 12 heavy (non-hydrogen) atoms. The van der Waals surface area contributed by atoms with Crippen LogP contribution in [0, 0.1) is 0 Å². The summed E-state index contributed by atoms with van der Waals surface area (Å²) in [6, 6.07) is 0. The molecule has 0 aliphatic heterocycles. The lowest BCUT2D eigenvalue weighted by Gasteiger charge is -2.00. The summed E-state index contributed by atoms with van der Waals surface area (Å²) >= 11 is 0. The minimum absolute atomic E-state index is 0.0642. The Kier molecular flexibility index (Phi) is 6.16. The molecule has 0 aliphatic carbocycles. The van der Waals surface area contributed by atoms with E-state index in [-0.39, 0.29) is 5.91 Å². The van der Waals surface area contributed by atoms with Crippen molar-refractivity contribution in [1.82, 2.24) is 5.23 Å². The van der Waals surface area contributed by atoms with Crippen LogP contribution in [0.4, 0.5) is 0 Å². The Morgan fingerprint density at radius 2 is 2.33 bits per heavy atom. The van der Waals surface area contributed by atoms with Gasteiger partial charge < -0.3 is 5.23 Å². The van der Waals surface area contributed by atoms with Crippen molar-refractivity contribution < 1.29 is 4.79 Å². The summed E-state index contributed by atoms with van der Waals surface area (Å²) in [7, 11) is 1.69. The third-order valence-corrected chi connectivity index (χ3v) is 1.32. The molecule has 0 aromatic carbocycles. The summed E-state index contributed by atoms with van der Waals surface area (Å²) < 4.78 is 0. The van der Waals surface area contributed by atoms with E-state index in [1.165, 1.54) is 0 Å². The number of hydrogen-bond acceptors (Lipinski definition) is 1. The van der Waals surface area contributed by atoms with E-state index in [1.807, 2.05) is 19.9 Å². The number of carbonyl (C=O) groups excluding carboxylic acids is 1. The van der Waals surface area contributed by atoms with Crippen LogP contribution in [0.1, 0.15) is 26.7 Å². The second-order valence-corrected chi connectivity index (χ2v) is 2.61. The summed E-state index contributed by atoms with van der Waals surface area (Å²) in [6.45, 7) is 7.44. The first-order valence-corrected chi connectivity index (χ1v) is 4.12. The van der Waals surface area contributed by atoms with E-state index >= 15 is 0 Å². The predicted molar refractivity (Wildman–Crippen MR) is 52.8 cm³/mol. The molecule has 1 N–H and O–H groups in total. The minimum Gasteiger partial charge on any atom is -0.399 e. The topological polar surface area (TPSA) is 29.1 Å². The molecule has 0 atom stereocenters. The maximum Gasteiger partial charge on any atom is 0.280 e. The number of hydrogen-bond donors (Lipinski definition) is 1. The van der Waals surface area contributed by atoms with Gasteiger partial charge in [0.15, 0.2) is 0 Å². The molecule has 0 saturated heterocycles. The van der Waals surface area contributed by atoms with Gasteiger partial charge in [-0.05, 0) is 6.42 Å². The summed E-state index contributed by atoms with van der Waals surface area (Å²) in [6.07, 6.45) is 4.99. The molecular formula is C9H15BNO. The molecule has 1 amide bonds. The highest BCUT2D eigenvalue weighted by Crippen LogP contribution is 1.89. The van der Waals surface area contributed by atoms with Crippen molar-refractivity contribution in [1.29, 1.82) is 0 Å². The van der Waals surface area contributed by atoms with Crippen molar-refractivity contribution in [2.45, 2.75) is 26.7 Å². The molecule has 0 unspecified atom stereocenters. The molecule has 0 heterocycles. The van der Waals surface area contributed by atoms with Gasteiger partial charge in [0.2, 0.25) is 5.91 Å². The van der Waals surface area contributed by atoms with Crippen LogP contribution in [0.15, 0.2) is 24.2 Å². The lowest BCUT2D eigenvalue weighted by molar-refractivity contribution is -0.119. The van der Waals surface area contributed by atoms with Crippen molar-refractivity contribution >= 4 is 13.3 Å². The van der Waals surface area contributed by atoms with Crippen LogP contribution in [0.2, 0.25) is 0 Å². The fourth-order valence-corrected chi connectivity index (χ4v) is 0.728. The first-order chi connectivity index (χ1) is 5.70. The van der Waals surface area contributed by atoms with Crippen LogP contribution in [0.3, 0.4) is 0 Å². The number of rotatable bonds is 5.